The number of hydrogen-bond donors (Lipinski definition) is 1. The maximum Gasteiger partial charge on any atom is 0.339 e. The third kappa shape index (κ3) is 2.35. The fourth-order valence-corrected chi connectivity index (χ4v) is 2.08. The SMILES string of the molecule is O=C(OCC1CO1)c1ccc2ccccc2c1C(=O)O. The molecule has 102 valence electrons. The lowest BCUT2D eigenvalue weighted by Crippen LogP contribution is -2.14. The second-order valence-corrected chi connectivity index (χ2v) is 4.57. The molecule has 0 saturated carbocycles. The quantitative estimate of drug-likeness (QED) is 0.681. The summed E-state index contributed by atoms with van der Waals surface area (Å²) in [7, 11) is 0. The zero-order valence-corrected chi connectivity index (χ0v) is 10.5. The van der Waals surface area contributed by atoms with Crippen LogP contribution in [-0.2, 0) is 9.47 Å². The Kier molecular flexibility index (Phi) is 3.12. The lowest BCUT2D eigenvalue weighted by molar-refractivity contribution is 0.0468. The van der Waals surface area contributed by atoms with Gasteiger partial charge in [0.1, 0.15) is 12.7 Å². The van der Waals surface area contributed by atoms with Crippen molar-refractivity contribution in [1.82, 2.24) is 0 Å². The van der Waals surface area contributed by atoms with Crippen molar-refractivity contribution in [3.63, 3.8) is 0 Å². The van der Waals surface area contributed by atoms with E-state index in [0.717, 1.165) is 5.39 Å². The van der Waals surface area contributed by atoms with Crippen molar-refractivity contribution in [3.05, 3.63) is 47.5 Å². The third-order valence-electron chi connectivity index (χ3n) is 3.17. The molecular weight excluding hydrogens is 260 g/mol. The lowest BCUT2D eigenvalue weighted by Gasteiger charge is -2.09. The summed E-state index contributed by atoms with van der Waals surface area (Å²) in [6, 6.07) is 10.2. The van der Waals surface area contributed by atoms with Gasteiger partial charge in [-0.05, 0) is 16.8 Å². The highest BCUT2D eigenvalue weighted by Gasteiger charge is 2.26. The van der Waals surface area contributed by atoms with Gasteiger partial charge in [-0.25, -0.2) is 9.59 Å². The van der Waals surface area contributed by atoms with Gasteiger partial charge in [-0.15, -0.1) is 0 Å². The zero-order chi connectivity index (χ0) is 14.1. The van der Waals surface area contributed by atoms with Gasteiger partial charge in [0.05, 0.1) is 17.7 Å². The Morgan fingerprint density at radius 3 is 2.70 bits per heavy atom. The molecule has 1 aliphatic rings. The van der Waals surface area contributed by atoms with Gasteiger partial charge in [-0.2, -0.15) is 0 Å². The maximum atomic E-state index is 12.0. The molecule has 0 radical (unpaired) electrons. The van der Waals surface area contributed by atoms with Crippen molar-refractivity contribution in [1.29, 1.82) is 0 Å². The average Bonchev–Trinajstić information content (AvgIpc) is 3.27. The van der Waals surface area contributed by atoms with E-state index in [1.807, 2.05) is 6.07 Å². The monoisotopic (exact) mass is 272 g/mol. The van der Waals surface area contributed by atoms with Crippen molar-refractivity contribution in [2.75, 3.05) is 13.2 Å². The Hall–Kier alpha value is -2.40. The van der Waals surface area contributed by atoms with Crippen molar-refractivity contribution in [2.45, 2.75) is 6.10 Å². The molecule has 1 saturated heterocycles. The summed E-state index contributed by atoms with van der Waals surface area (Å²) >= 11 is 0. The zero-order valence-electron chi connectivity index (χ0n) is 10.5. The number of rotatable bonds is 4. The molecule has 3 rings (SSSR count). The Morgan fingerprint density at radius 1 is 1.25 bits per heavy atom. The number of esters is 1. The second-order valence-electron chi connectivity index (χ2n) is 4.57. The van der Waals surface area contributed by atoms with E-state index in [9.17, 15) is 14.7 Å². The molecule has 5 heteroatoms. The summed E-state index contributed by atoms with van der Waals surface area (Å²) < 4.78 is 10.0. The van der Waals surface area contributed by atoms with Crippen molar-refractivity contribution >= 4 is 22.7 Å². The Labute approximate surface area is 114 Å². The van der Waals surface area contributed by atoms with E-state index >= 15 is 0 Å². The summed E-state index contributed by atoms with van der Waals surface area (Å²) in [5, 5.41) is 10.7. The van der Waals surface area contributed by atoms with Crippen LogP contribution in [0.15, 0.2) is 36.4 Å². The van der Waals surface area contributed by atoms with E-state index in [4.69, 9.17) is 9.47 Å². The average molecular weight is 272 g/mol. The Morgan fingerprint density at radius 2 is 2.00 bits per heavy atom. The molecule has 20 heavy (non-hydrogen) atoms. The van der Waals surface area contributed by atoms with Crippen LogP contribution in [0, 0.1) is 0 Å². The molecule has 1 heterocycles. The van der Waals surface area contributed by atoms with Crippen LogP contribution in [0.1, 0.15) is 20.7 Å². The van der Waals surface area contributed by atoms with Gasteiger partial charge in [-0.1, -0.05) is 30.3 Å². The van der Waals surface area contributed by atoms with Crippen LogP contribution in [0.5, 0.6) is 0 Å². The number of benzene rings is 2. The van der Waals surface area contributed by atoms with Crippen LogP contribution in [0.3, 0.4) is 0 Å². The van der Waals surface area contributed by atoms with Crippen molar-refractivity contribution in [2.24, 2.45) is 0 Å². The van der Waals surface area contributed by atoms with Crippen LogP contribution in [0.2, 0.25) is 0 Å². The number of carbonyl (C=O) groups excluding carboxylic acids is 1. The van der Waals surface area contributed by atoms with Crippen molar-refractivity contribution in [3.8, 4) is 0 Å². The fourth-order valence-electron chi connectivity index (χ4n) is 2.08. The van der Waals surface area contributed by atoms with Gasteiger partial charge in [0.2, 0.25) is 0 Å². The molecule has 0 amide bonds. The van der Waals surface area contributed by atoms with E-state index in [1.54, 1.807) is 24.3 Å². The number of aromatic carboxylic acids is 1. The molecule has 0 aliphatic carbocycles. The Bertz CT molecular complexity index is 688. The van der Waals surface area contributed by atoms with Gasteiger partial charge >= 0.3 is 11.9 Å². The van der Waals surface area contributed by atoms with Gasteiger partial charge in [0.15, 0.2) is 0 Å². The minimum absolute atomic E-state index is 0.0233. The second kappa shape index (κ2) is 4.94. The number of ether oxygens (including phenoxy) is 2. The molecular formula is C15H12O5. The minimum atomic E-state index is -1.14. The number of fused-ring (bicyclic) bond motifs is 1. The largest absolute Gasteiger partial charge is 0.478 e. The predicted molar refractivity (Wildman–Crippen MR) is 70.9 cm³/mol. The van der Waals surface area contributed by atoms with E-state index in [2.05, 4.69) is 0 Å². The number of carbonyl (C=O) groups is 2. The van der Waals surface area contributed by atoms with Crippen LogP contribution in [0.4, 0.5) is 0 Å². The number of hydrogen-bond acceptors (Lipinski definition) is 4. The topological polar surface area (TPSA) is 76.1 Å². The first-order chi connectivity index (χ1) is 9.66. The van der Waals surface area contributed by atoms with Gasteiger partial charge in [-0.3, -0.25) is 0 Å². The van der Waals surface area contributed by atoms with Crippen LogP contribution in [-0.4, -0.2) is 36.4 Å². The van der Waals surface area contributed by atoms with Gasteiger partial charge in [0.25, 0.3) is 0 Å². The maximum absolute atomic E-state index is 12.0. The van der Waals surface area contributed by atoms with Crippen LogP contribution < -0.4 is 0 Å². The first-order valence-corrected chi connectivity index (χ1v) is 6.20. The van der Waals surface area contributed by atoms with Crippen LogP contribution in [0.25, 0.3) is 10.8 Å². The molecule has 0 aromatic heterocycles. The summed E-state index contributed by atoms with van der Waals surface area (Å²) in [5.74, 6) is -1.78. The van der Waals surface area contributed by atoms with E-state index in [1.165, 1.54) is 6.07 Å². The van der Waals surface area contributed by atoms with Crippen LogP contribution >= 0.6 is 0 Å². The molecule has 1 aliphatic heterocycles. The van der Waals surface area contributed by atoms with Gasteiger partial charge in [0, 0.05) is 0 Å². The number of carboxylic acid groups (broad SMARTS) is 1. The summed E-state index contributed by atoms with van der Waals surface area (Å²) in [6.07, 6.45) is -0.0484. The first kappa shape index (κ1) is 12.6. The molecule has 5 nitrogen and oxygen atoms in total. The van der Waals surface area contributed by atoms with E-state index in [0.29, 0.717) is 12.0 Å². The minimum Gasteiger partial charge on any atom is -0.478 e. The Balaban J connectivity index is 2.02. The van der Waals surface area contributed by atoms with E-state index in [-0.39, 0.29) is 23.8 Å². The van der Waals surface area contributed by atoms with Gasteiger partial charge < -0.3 is 14.6 Å². The normalized spacial score (nSPS) is 16.9. The third-order valence-corrected chi connectivity index (χ3v) is 3.17. The van der Waals surface area contributed by atoms with E-state index < -0.39 is 11.9 Å². The molecule has 1 atom stereocenters. The number of carboxylic acids is 1. The molecule has 2 aromatic rings. The molecule has 2 aromatic carbocycles. The first-order valence-electron chi connectivity index (χ1n) is 6.20. The molecule has 0 spiro atoms. The molecule has 1 N–H and O–H groups in total. The molecule has 1 unspecified atom stereocenters. The fraction of sp³-hybridized carbons (Fsp3) is 0.200. The predicted octanol–water partition coefficient (Wildman–Crippen LogP) is 2.09. The summed E-state index contributed by atoms with van der Waals surface area (Å²) in [4.78, 5) is 23.5. The van der Waals surface area contributed by atoms with Crippen molar-refractivity contribution < 1.29 is 24.2 Å². The highest BCUT2D eigenvalue weighted by atomic mass is 16.6. The highest BCUT2D eigenvalue weighted by molar-refractivity contribution is 6.12. The molecule has 0 bridgehead atoms. The standard InChI is InChI=1S/C15H12O5/c16-14(17)13-11-4-2-1-3-9(11)5-6-12(13)15(18)20-8-10-7-19-10/h1-6,10H,7-8H2,(H,16,17). The smallest absolute Gasteiger partial charge is 0.339 e. The highest BCUT2D eigenvalue weighted by Crippen LogP contribution is 2.23. The number of epoxide rings is 1. The summed E-state index contributed by atoms with van der Waals surface area (Å²) in [5.41, 5.74) is 0.0432. The molecule has 1 fully saturated rings. The lowest BCUT2D eigenvalue weighted by atomic mass is 9.99. The summed E-state index contributed by atoms with van der Waals surface area (Å²) in [6.45, 7) is 0.738.